The Morgan fingerprint density at radius 2 is 1.81 bits per heavy atom. The number of carbonyl (C=O) groups excluding carboxylic acids is 2. The van der Waals surface area contributed by atoms with E-state index in [-0.39, 0.29) is 30.1 Å². The van der Waals surface area contributed by atoms with Crippen molar-refractivity contribution >= 4 is 11.8 Å². The molecule has 0 saturated heterocycles. The predicted molar refractivity (Wildman–Crippen MR) is 119 cm³/mol. The average Bonchev–Trinajstić information content (AvgIpc) is 3.05. The smallest absolute Gasteiger partial charge is 0.251 e. The van der Waals surface area contributed by atoms with Gasteiger partial charge in [0.25, 0.3) is 5.91 Å². The van der Waals surface area contributed by atoms with Crippen molar-refractivity contribution in [1.82, 2.24) is 10.2 Å². The molecule has 0 aromatic heterocycles. The van der Waals surface area contributed by atoms with Gasteiger partial charge in [-0.25, -0.2) is 4.39 Å². The first-order valence-corrected chi connectivity index (χ1v) is 11.2. The van der Waals surface area contributed by atoms with Crippen LogP contribution in [0.15, 0.2) is 65.7 Å². The largest absolute Gasteiger partial charge is 0.356 e. The van der Waals surface area contributed by atoms with Gasteiger partial charge >= 0.3 is 0 Å². The number of carbonyl (C=O) groups is 2. The molecule has 2 aromatic carbocycles. The number of benzene rings is 2. The molecule has 1 aliphatic carbocycles. The van der Waals surface area contributed by atoms with E-state index < -0.39 is 0 Å². The van der Waals surface area contributed by atoms with E-state index >= 15 is 0 Å². The summed E-state index contributed by atoms with van der Waals surface area (Å²) in [6.45, 7) is 1.06. The van der Waals surface area contributed by atoms with Crippen LogP contribution < -0.4 is 5.32 Å². The molecule has 162 valence electrons. The highest BCUT2D eigenvalue weighted by Gasteiger charge is 2.40. The van der Waals surface area contributed by atoms with Crippen molar-refractivity contribution in [2.75, 3.05) is 6.54 Å². The number of aryl methyl sites for hydroxylation is 1. The topological polar surface area (TPSA) is 49.4 Å². The van der Waals surface area contributed by atoms with Crippen LogP contribution in [0.1, 0.15) is 49.7 Å². The molecule has 5 heteroatoms. The highest BCUT2D eigenvalue weighted by molar-refractivity contribution is 6.02. The third-order valence-electron chi connectivity index (χ3n) is 6.27. The lowest BCUT2D eigenvalue weighted by atomic mass is 9.88. The van der Waals surface area contributed by atoms with Crippen molar-refractivity contribution in [1.29, 1.82) is 0 Å². The molecule has 4 rings (SSSR count). The summed E-state index contributed by atoms with van der Waals surface area (Å²) in [5.41, 5.74) is 3.98. The summed E-state index contributed by atoms with van der Waals surface area (Å²) in [6, 6.07) is 16.6. The molecule has 1 unspecified atom stereocenters. The fraction of sp³-hybridized carbons (Fsp3) is 0.385. The number of fused-ring (bicyclic) bond motifs is 1. The first-order chi connectivity index (χ1) is 15.1. The van der Waals surface area contributed by atoms with Gasteiger partial charge in [-0.3, -0.25) is 9.59 Å². The van der Waals surface area contributed by atoms with Gasteiger partial charge < -0.3 is 10.2 Å². The van der Waals surface area contributed by atoms with E-state index in [0.29, 0.717) is 18.7 Å². The fourth-order valence-electron chi connectivity index (χ4n) is 4.69. The number of hydrogen-bond donors (Lipinski definition) is 1. The number of hydrogen-bond acceptors (Lipinski definition) is 2. The molecule has 2 aromatic rings. The Morgan fingerprint density at radius 1 is 1.03 bits per heavy atom. The minimum atomic E-state index is -0.280. The molecule has 1 saturated carbocycles. The van der Waals surface area contributed by atoms with E-state index in [2.05, 4.69) is 17.4 Å². The van der Waals surface area contributed by atoms with Crippen LogP contribution in [-0.2, 0) is 22.6 Å². The van der Waals surface area contributed by atoms with E-state index in [1.807, 2.05) is 23.1 Å². The fourth-order valence-corrected chi connectivity index (χ4v) is 4.69. The zero-order valence-corrected chi connectivity index (χ0v) is 17.8. The highest BCUT2D eigenvalue weighted by atomic mass is 19.1. The lowest BCUT2D eigenvalue weighted by Crippen LogP contribution is -2.36. The Hall–Kier alpha value is -2.95. The molecule has 0 radical (unpaired) electrons. The minimum absolute atomic E-state index is 0.0364. The minimum Gasteiger partial charge on any atom is -0.356 e. The second-order valence-corrected chi connectivity index (χ2v) is 8.44. The van der Waals surface area contributed by atoms with Gasteiger partial charge in [-0.2, -0.15) is 0 Å². The number of amides is 2. The molecule has 1 heterocycles. The Balaban J connectivity index is 1.35. The number of nitrogens with zero attached hydrogens (tertiary/aromatic N) is 1. The number of rotatable bonds is 8. The van der Waals surface area contributed by atoms with E-state index in [1.165, 1.54) is 17.7 Å². The Labute approximate surface area is 183 Å². The third-order valence-corrected chi connectivity index (χ3v) is 6.27. The van der Waals surface area contributed by atoms with Crippen molar-refractivity contribution in [2.24, 2.45) is 0 Å². The first kappa shape index (κ1) is 21.3. The van der Waals surface area contributed by atoms with Crippen LogP contribution >= 0.6 is 0 Å². The van der Waals surface area contributed by atoms with Gasteiger partial charge in [-0.1, -0.05) is 48.9 Å². The van der Waals surface area contributed by atoms with Crippen LogP contribution in [0.2, 0.25) is 0 Å². The number of halogens is 1. The summed E-state index contributed by atoms with van der Waals surface area (Å²) >= 11 is 0. The van der Waals surface area contributed by atoms with Gasteiger partial charge in [0.05, 0.1) is 12.5 Å². The maximum atomic E-state index is 13.2. The molecule has 31 heavy (non-hydrogen) atoms. The Bertz CT molecular complexity index is 953. The van der Waals surface area contributed by atoms with Gasteiger partial charge in [-0.15, -0.1) is 0 Å². The zero-order valence-electron chi connectivity index (χ0n) is 17.8. The lowest BCUT2D eigenvalue weighted by Gasteiger charge is -2.30. The van der Waals surface area contributed by atoms with Crippen molar-refractivity contribution in [2.45, 2.75) is 57.5 Å². The van der Waals surface area contributed by atoms with Gasteiger partial charge in [0.15, 0.2) is 0 Å². The highest BCUT2D eigenvalue weighted by Crippen LogP contribution is 2.38. The Kier molecular flexibility index (Phi) is 6.80. The van der Waals surface area contributed by atoms with E-state index in [9.17, 15) is 14.0 Å². The zero-order chi connectivity index (χ0) is 21.6. The second-order valence-electron chi connectivity index (χ2n) is 8.44. The third kappa shape index (κ3) is 5.22. The van der Waals surface area contributed by atoms with Crippen LogP contribution in [-0.4, -0.2) is 29.3 Å². The summed E-state index contributed by atoms with van der Waals surface area (Å²) in [5, 5.41) is 2.98. The lowest BCUT2D eigenvalue weighted by molar-refractivity contribution is -0.129. The van der Waals surface area contributed by atoms with E-state index in [1.54, 1.807) is 12.1 Å². The normalized spacial score (nSPS) is 18.3. The Morgan fingerprint density at radius 3 is 2.58 bits per heavy atom. The molecule has 2 aliphatic rings. The van der Waals surface area contributed by atoms with Crippen LogP contribution in [0.5, 0.6) is 0 Å². The maximum absolute atomic E-state index is 13.2. The van der Waals surface area contributed by atoms with Crippen molar-refractivity contribution in [3.63, 3.8) is 0 Å². The molecule has 1 N–H and O–H groups in total. The van der Waals surface area contributed by atoms with Gasteiger partial charge in [-0.05, 0) is 60.9 Å². The van der Waals surface area contributed by atoms with Crippen molar-refractivity contribution in [3.8, 4) is 0 Å². The molecule has 1 aliphatic heterocycles. The van der Waals surface area contributed by atoms with Crippen LogP contribution in [0.25, 0.3) is 0 Å². The van der Waals surface area contributed by atoms with Crippen LogP contribution in [0.3, 0.4) is 0 Å². The summed E-state index contributed by atoms with van der Waals surface area (Å²) < 4.78 is 13.2. The standard InChI is InChI=1S/C26H29FN2O2/c27-21-14-12-20(13-15-21)18-29-24-11-5-4-10-22(24)23(26(29)31)17-25(30)28-16-6-9-19-7-2-1-3-8-19/h1-3,7-8,12-15,24H,4-6,9-11,16-18H2,(H,28,30). The second kappa shape index (κ2) is 9.90. The molecule has 4 nitrogen and oxygen atoms in total. The van der Waals surface area contributed by atoms with Crippen LogP contribution in [0.4, 0.5) is 4.39 Å². The molecule has 1 fully saturated rings. The molecule has 1 atom stereocenters. The summed E-state index contributed by atoms with van der Waals surface area (Å²) in [6.07, 6.45) is 5.90. The van der Waals surface area contributed by atoms with Crippen molar-refractivity contribution in [3.05, 3.63) is 82.7 Å². The van der Waals surface area contributed by atoms with E-state index in [4.69, 9.17) is 0 Å². The van der Waals surface area contributed by atoms with E-state index in [0.717, 1.165) is 49.7 Å². The SMILES string of the molecule is O=C(CC1=C2CCCCC2N(Cc2ccc(F)cc2)C1=O)NCCCc1ccccc1. The molecule has 0 bridgehead atoms. The predicted octanol–water partition coefficient (Wildman–Crippen LogP) is 4.55. The molecular formula is C26H29FN2O2. The summed E-state index contributed by atoms with van der Waals surface area (Å²) in [4.78, 5) is 27.7. The molecular weight excluding hydrogens is 391 g/mol. The van der Waals surface area contributed by atoms with Gasteiger partial charge in [0.1, 0.15) is 5.82 Å². The molecule has 0 spiro atoms. The maximum Gasteiger partial charge on any atom is 0.251 e. The summed E-state index contributed by atoms with van der Waals surface area (Å²) in [7, 11) is 0. The molecule has 2 amide bonds. The summed E-state index contributed by atoms with van der Waals surface area (Å²) in [5.74, 6) is -0.403. The quantitative estimate of drug-likeness (QED) is 0.637. The van der Waals surface area contributed by atoms with Gasteiger partial charge in [0, 0.05) is 18.7 Å². The number of nitrogens with one attached hydrogen (secondary N) is 1. The van der Waals surface area contributed by atoms with Gasteiger partial charge in [0.2, 0.25) is 5.91 Å². The van der Waals surface area contributed by atoms with Crippen LogP contribution in [0, 0.1) is 5.82 Å². The monoisotopic (exact) mass is 420 g/mol. The first-order valence-electron chi connectivity index (χ1n) is 11.2. The van der Waals surface area contributed by atoms with Crippen molar-refractivity contribution < 1.29 is 14.0 Å². The average molecular weight is 421 g/mol.